The zero-order chi connectivity index (χ0) is 22.7. The Morgan fingerprint density at radius 3 is 2.41 bits per heavy atom. The van der Waals surface area contributed by atoms with E-state index in [1.807, 2.05) is 18.2 Å². The number of amides is 2. The largest absolute Gasteiger partial charge is 0.573 e. The third-order valence-corrected chi connectivity index (χ3v) is 5.09. The maximum Gasteiger partial charge on any atom is 0.573 e. The van der Waals surface area contributed by atoms with Crippen LogP contribution in [0.5, 0.6) is 5.75 Å². The Bertz CT molecular complexity index is 1110. The van der Waals surface area contributed by atoms with E-state index in [4.69, 9.17) is 4.98 Å². The number of piperazine rings is 1. The molecule has 0 radical (unpaired) electrons. The molecule has 10 heteroatoms. The van der Waals surface area contributed by atoms with Gasteiger partial charge in [-0.2, -0.15) is 0 Å². The average molecular weight is 445 g/mol. The van der Waals surface area contributed by atoms with Gasteiger partial charge in [0.25, 0.3) is 0 Å². The van der Waals surface area contributed by atoms with Crippen LogP contribution in [0, 0.1) is 0 Å². The van der Waals surface area contributed by atoms with Crippen molar-refractivity contribution in [3.8, 4) is 5.75 Å². The van der Waals surface area contributed by atoms with E-state index in [0.29, 0.717) is 5.69 Å². The Hall–Kier alpha value is -3.53. The highest BCUT2D eigenvalue weighted by Gasteiger charge is 2.31. The Morgan fingerprint density at radius 2 is 1.69 bits per heavy atom. The number of ether oxygens (including phenoxy) is 1. The number of nitrogens with one attached hydrogen (secondary N) is 2. The molecule has 0 atom stereocenters. The summed E-state index contributed by atoms with van der Waals surface area (Å²) in [6.07, 6.45) is -4.80. The van der Waals surface area contributed by atoms with Crippen LogP contribution in [0.3, 0.4) is 0 Å². The number of fused-ring (bicyclic) bond motifs is 1. The minimum atomic E-state index is -4.80. The molecule has 1 aliphatic rings. The number of urea groups is 1. The standard InChI is InChI=1S/C22H22F3N5O2/c1-29-9-11-30(12-10-29)20-8-5-15-13-17(6-7-19(15)28-20)27-21(31)26-16-3-2-4-18(14-16)32-22(23,24)25/h2-8,13-14H,9-12H2,1H3,(H2,26,27,31). The molecule has 1 aliphatic heterocycles. The first-order valence-electron chi connectivity index (χ1n) is 10.0. The molecule has 32 heavy (non-hydrogen) atoms. The maximum absolute atomic E-state index is 12.4. The molecule has 0 unspecified atom stereocenters. The normalized spacial score (nSPS) is 14.9. The van der Waals surface area contributed by atoms with Gasteiger partial charge in [0.1, 0.15) is 11.6 Å². The number of carbonyl (C=O) groups is 1. The molecule has 4 rings (SSSR count). The van der Waals surface area contributed by atoms with Gasteiger partial charge in [-0.25, -0.2) is 9.78 Å². The van der Waals surface area contributed by atoms with Crippen LogP contribution in [0.2, 0.25) is 0 Å². The fraction of sp³-hybridized carbons (Fsp3) is 0.273. The van der Waals surface area contributed by atoms with Crippen LogP contribution in [0.4, 0.5) is 35.2 Å². The Balaban J connectivity index is 1.41. The summed E-state index contributed by atoms with van der Waals surface area (Å²) in [5.41, 5.74) is 1.51. The van der Waals surface area contributed by atoms with Crippen molar-refractivity contribution in [1.29, 1.82) is 0 Å². The number of halogens is 3. The highest BCUT2D eigenvalue weighted by Crippen LogP contribution is 2.26. The van der Waals surface area contributed by atoms with Crippen molar-refractivity contribution in [3.05, 3.63) is 54.6 Å². The first-order valence-corrected chi connectivity index (χ1v) is 10.0. The predicted octanol–water partition coefficient (Wildman–Crippen LogP) is 4.53. The molecule has 168 valence electrons. The number of nitrogens with zero attached hydrogens (tertiary/aromatic N) is 3. The second-order valence-electron chi connectivity index (χ2n) is 7.52. The molecule has 0 aliphatic carbocycles. The van der Waals surface area contributed by atoms with Gasteiger partial charge in [-0.3, -0.25) is 0 Å². The molecule has 1 saturated heterocycles. The highest BCUT2D eigenvalue weighted by molar-refractivity contribution is 6.01. The minimum absolute atomic E-state index is 0.170. The number of hydrogen-bond acceptors (Lipinski definition) is 5. The van der Waals surface area contributed by atoms with Crippen LogP contribution in [0.1, 0.15) is 0 Å². The number of aromatic nitrogens is 1. The van der Waals surface area contributed by atoms with E-state index in [2.05, 4.69) is 32.2 Å². The van der Waals surface area contributed by atoms with Crippen LogP contribution >= 0.6 is 0 Å². The zero-order valence-corrected chi connectivity index (χ0v) is 17.3. The Morgan fingerprint density at radius 1 is 0.969 bits per heavy atom. The third kappa shape index (κ3) is 5.58. The second kappa shape index (κ2) is 8.91. The van der Waals surface area contributed by atoms with Gasteiger partial charge >= 0.3 is 12.4 Å². The summed E-state index contributed by atoms with van der Waals surface area (Å²) in [5, 5.41) is 6.04. The Labute approximate surface area is 182 Å². The summed E-state index contributed by atoms with van der Waals surface area (Å²) in [4.78, 5) is 21.5. The van der Waals surface area contributed by atoms with Crippen molar-refractivity contribution >= 4 is 34.1 Å². The SMILES string of the molecule is CN1CCN(c2ccc3cc(NC(=O)Nc4cccc(OC(F)(F)F)c4)ccc3n2)CC1. The maximum atomic E-state index is 12.4. The molecule has 1 aromatic heterocycles. The van der Waals surface area contributed by atoms with E-state index in [1.54, 1.807) is 12.1 Å². The van der Waals surface area contributed by atoms with E-state index < -0.39 is 18.1 Å². The van der Waals surface area contributed by atoms with Crippen LogP contribution in [0.15, 0.2) is 54.6 Å². The summed E-state index contributed by atoms with van der Waals surface area (Å²) in [5.74, 6) is 0.508. The van der Waals surface area contributed by atoms with Crippen molar-refractivity contribution in [1.82, 2.24) is 9.88 Å². The third-order valence-electron chi connectivity index (χ3n) is 5.09. The number of carbonyl (C=O) groups excluding carboxylic acids is 1. The molecule has 2 N–H and O–H groups in total. The van der Waals surface area contributed by atoms with Gasteiger partial charge in [-0.1, -0.05) is 6.07 Å². The smallest absolute Gasteiger partial charge is 0.406 e. The first kappa shape index (κ1) is 21.7. The molecule has 0 spiro atoms. The summed E-state index contributed by atoms with van der Waals surface area (Å²) in [6, 6.07) is 13.7. The molecule has 2 heterocycles. The zero-order valence-electron chi connectivity index (χ0n) is 17.3. The number of benzene rings is 2. The monoisotopic (exact) mass is 445 g/mol. The van der Waals surface area contributed by atoms with E-state index in [1.165, 1.54) is 12.1 Å². The molecular weight excluding hydrogens is 423 g/mol. The lowest BCUT2D eigenvalue weighted by Gasteiger charge is -2.33. The van der Waals surface area contributed by atoms with E-state index in [9.17, 15) is 18.0 Å². The van der Waals surface area contributed by atoms with Gasteiger partial charge in [0.05, 0.1) is 5.52 Å². The van der Waals surface area contributed by atoms with Gasteiger partial charge in [-0.05, 0) is 49.5 Å². The number of anilines is 3. The average Bonchev–Trinajstić information content (AvgIpc) is 2.73. The van der Waals surface area contributed by atoms with Gasteiger partial charge in [0, 0.05) is 49.0 Å². The van der Waals surface area contributed by atoms with E-state index in [0.717, 1.165) is 55.0 Å². The van der Waals surface area contributed by atoms with Gasteiger partial charge in [0.15, 0.2) is 0 Å². The second-order valence-corrected chi connectivity index (χ2v) is 7.52. The van der Waals surface area contributed by atoms with Gasteiger partial charge in [-0.15, -0.1) is 13.2 Å². The topological polar surface area (TPSA) is 69.7 Å². The minimum Gasteiger partial charge on any atom is -0.406 e. The van der Waals surface area contributed by atoms with Crippen molar-refractivity contribution in [2.24, 2.45) is 0 Å². The molecule has 0 saturated carbocycles. The molecule has 7 nitrogen and oxygen atoms in total. The lowest BCUT2D eigenvalue weighted by molar-refractivity contribution is -0.274. The fourth-order valence-electron chi connectivity index (χ4n) is 3.47. The van der Waals surface area contributed by atoms with Gasteiger partial charge in [0.2, 0.25) is 0 Å². The van der Waals surface area contributed by atoms with E-state index in [-0.39, 0.29) is 5.69 Å². The molecule has 2 amide bonds. The first-order chi connectivity index (χ1) is 15.2. The Kier molecular flexibility index (Phi) is 6.04. The number of pyridine rings is 1. The van der Waals surface area contributed by atoms with Crippen LogP contribution in [0.25, 0.3) is 10.9 Å². The number of alkyl halides is 3. The summed E-state index contributed by atoms with van der Waals surface area (Å²) in [7, 11) is 2.10. The number of rotatable bonds is 4. The number of hydrogen-bond donors (Lipinski definition) is 2. The molecule has 1 fully saturated rings. The van der Waals surface area contributed by atoms with Crippen molar-refractivity contribution in [2.75, 3.05) is 48.8 Å². The number of likely N-dealkylation sites (N-methyl/N-ethyl adjacent to an activating group) is 1. The molecule has 0 bridgehead atoms. The fourth-order valence-corrected chi connectivity index (χ4v) is 3.47. The molecule has 3 aromatic rings. The van der Waals surface area contributed by atoms with Gasteiger partial charge < -0.3 is 25.2 Å². The molecule has 2 aromatic carbocycles. The van der Waals surface area contributed by atoms with Crippen LogP contribution in [-0.2, 0) is 0 Å². The van der Waals surface area contributed by atoms with Crippen LogP contribution in [-0.4, -0.2) is 55.5 Å². The quantitative estimate of drug-likeness (QED) is 0.618. The summed E-state index contributed by atoms with van der Waals surface area (Å²) >= 11 is 0. The lowest BCUT2D eigenvalue weighted by Crippen LogP contribution is -2.44. The highest BCUT2D eigenvalue weighted by atomic mass is 19.4. The van der Waals surface area contributed by atoms with Crippen molar-refractivity contribution in [2.45, 2.75) is 6.36 Å². The predicted molar refractivity (Wildman–Crippen MR) is 117 cm³/mol. The van der Waals surface area contributed by atoms with Crippen LogP contribution < -0.4 is 20.3 Å². The molecular formula is C22H22F3N5O2. The van der Waals surface area contributed by atoms with Crippen molar-refractivity contribution in [3.63, 3.8) is 0 Å². The van der Waals surface area contributed by atoms with Crippen molar-refractivity contribution < 1.29 is 22.7 Å². The lowest BCUT2D eigenvalue weighted by atomic mass is 10.2. The van der Waals surface area contributed by atoms with E-state index >= 15 is 0 Å². The summed E-state index contributed by atoms with van der Waals surface area (Å²) in [6.45, 7) is 3.82. The summed E-state index contributed by atoms with van der Waals surface area (Å²) < 4.78 is 41.0.